The minimum absolute atomic E-state index is 0.0995. The van der Waals surface area contributed by atoms with Crippen LogP contribution in [0.5, 0.6) is 0 Å². The zero-order chi connectivity index (χ0) is 18.1. The molecule has 0 aliphatic rings. The average molecular weight is 339 g/mol. The first-order valence-electron chi connectivity index (χ1n) is 8.95. The summed E-state index contributed by atoms with van der Waals surface area (Å²) in [5.74, 6) is 0. The molecule has 0 spiro atoms. The van der Waals surface area contributed by atoms with Gasteiger partial charge in [-0.05, 0) is 47.4 Å². The molecule has 0 saturated heterocycles. The van der Waals surface area contributed by atoms with Crippen LogP contribution in [-0.4, -0.2) is 24.1 Å². The molecule has 4 nitrogen and oxygen atoms in total. The molecule has 2 amide bonds. The summed E-state index contributed by atoms with van der Waals surface area (Å²) in [6.07, 6.45) is 6.31. The second-order valence-electron chi connectivity index (χ2n) is 7.34. The number of aromatic nitrogens is 1. The van der Waals surface area contributed by atoms with Crippen LogP contribution in [0.25, 0.3) is 0 Å². The summed E-state index contributed by atoms with van der Waals surface area (Å²) < 4.78 is 0. The molecule has 2 rings (SSSR count). The Morgan fingerprint density at radius 2 is 1.68 bits per heavy atom. The number of nitrogens with zero attached hydrogens (tertiary/aromatic N) is 1. The SMILES string of the molecule is CC(C)(C)c1ccc(CCNC(=O)NCCCc2cccnc2)cc1. The van der Waals surface area contributed by atoms with E-state index >= 15 is 0 Å². The molecule has 134 valence electrons. The van der Waals surface area contributed by atoms with Gasteiger partial charge in [0.15, 0.2) is 0 Å². The molecular weight excluding hydrogens is 310 g/mol. The lowest BCUT2D eigenvalue weighted by atomic mass is 9.86. The van der Waals surface area contributed by atoms with Crippen molar-refractivity contribution in [1.29, 1.82) is 0 Å². The number of urea groups is 1. The number of amides is 2. The van der Waals surface area contributed by atoms with Crippen LogP contribution in [0, 0.1) is 0 Å². The molecule has 1 aromatic carbocycles. The zero-order valence-electron chi connectivity index (χ0n) is 15.5. The lowest BCUT2D eigenvalue weighted by Gasteiger charge is -2.19. The van der Waals surface area contributed by atoms with E-state index in [0.29, 0.717) is 13.1 Å². The number of benzene rings is 1. The highest BCUT2D eigenvalue weighted by molar-refractivity contribution is 5.73. The van der Waals surface area contributed by atoms with Gasteiger partial charge in [-0.15, -0.1) is 0 Å². The predicted octanol–water partition coefficient (Wildman–Crippen LogP) is 3.85. The van der Waals surface area contributed by atoms with E-state index in [1.807, 2.05) is 12.3 Å². The van der Waals surface area contributed by atoms with E-state index in [-0.39, 0.29) is 11.4 Å². The number of hydrogen-bond donors (Lipinski definition) is 2. The van der Waals surface area contributed by atoms with Crippen molar-refractivity contribution >= 4 is 6.03 Å². The Balaban J connectivity index is 1.60. The van der Waals surface area contributed by atoms with Gasteiger partial charge in [0.2, 0.25) is 0 Å². The quantitative estimate of drug-likeness (QED) is 0.753. The Hall–Kier alpha value is -2.36. The van der Waals surface area contributed by atoms with Crippen LogP contribution in [0.3, 0.4) is 0 Å². The van der Waals surface area contributed by atoms with Gasteiger partial charge in [-0.3, -0.25) is 4.98 Å². The highest BCUT2D eigenvalue weighted by Gasteiger charge is 2.12. The third kappa shape index (κ3) is 6.96. The van der Waals surface area contributed by atoms with E-state index in [2.05, 4.69) is 66.7 Å². The van der Waals surface area contributed by atoms with Crippen molar-refractivity contribution in [1.82, 2.24) is 15.6 Å². The fourth-order valence-corrected chi connectivity index (χ4v) is 2.59. The molecule has 0 aliphatic carbocycles. The summed E-state index contributed by atoms with van der Waals surface area (Å²) in [6.45, 7) is 7.94. The molecule has 0 unspecified atom stereocenters. The molecule has 4 heteroatoms. The van der Waals surface area contributed by atoms with Crippen LogP contribution in [0.15, 0.2) is 48.8 Å². The van der Waals surface area contributed by atoms with Crippen LogP contribution >= 0.6 is 0 Å². The smallest absolute Gasteiger partial charge is 0.314 e. The van der Waals surface area contributed by atoms with E-state index in [1.165, 1.54) is 16.7 Å². The standard InChI is InChI=1S/C21H29N3O/c1-21(2,3)19-10-8-17(9-11-19)12-15-24-20(25)23-14-5-7-18-6-4-13-22-16-18/h4,6,8-11,13,16H,5,7,12,14-15H2,1-3H3,(H2,23,24,25). The Morgan fingerprint density at radius 3 is 2.32 bits per heavy atom. The molecule has 0 fully saturated rings. The molecule has 1 heterocycles. The lowest BCUT2D eigenvalue weighted by Crippen LogP contribution is -2.37. The summed E-state index contributed by atoms with van der Waals surface area (Å²) in [5.41, 5.74) is 3.94. The van der Waals surface area contributed by atoms with Crippen LogP contribution in [0.4, 0.5) is 4.79 Å². The molecule has 1 aromatic heterocycles. The van der Waals surface area contributed by atoms with Gasteiger partial charge in [0.25, 0.3) is 0 Å². The number of carbonyl (C=O) groups is 1. The Kier molecular flexibility index (Phi) is 6.99. The largest absolute Gasteiger partial charge is 0.338 e. The minimum Gasteiger partial charge on any atom is -0.338 e. The van der Waals surface area contributed by atoms with Crippen molar-refractivity contribution in [3.8, 4) is 0 Å². The molecule has 0 radical (unpaired) electrons. The maximum atomic E-state index is 11.8. The van der Waals surface area contributed by atoms with Gasteiger partial charge >= 0.3 is 6.03 Å². The minimum atomic E-state index is -0.0995. The van der Waals surface area contributed by atoms with Crippen molar-refractivity contribution in [3.05, 3.63) is 65.5 Å². The number of aryl methyl sites for hydroxylation is 1. The number of pyridine rings is 1. The molecule has 0 bridgehead atoms. The first kappa shape index (κ1) is 19.0. The molecule has 2 N–H and O–H groups in total. The highest BCUT2D eigenvalue weighted by Crippen LogP contribution is 2.22. The molecule has 0 atom stereocenters. The second kappa shape index (κ2) is 9.21. The van der Waals surface area contributed by atoms with Crippen LogP contribution < -0.4 is 10.6 Å². The first-order valence-corrected chi connectivity index (χ1v) is 8.95. The second-order valence-corrected chi connectivity index (χ2v) is 7.34. The van der Waals surface area contributed by atoms with Crippen LogP contribution in [0.2, 0.25) is 0 Å². The third-order valence-corrected chi connectivity index (χ3v) is 4.17. The normalized spacial score (nSPS) is 11.2. The van der Waals surface area contributed by atoms with Crippen molar-refractivity contribution in [2.24, 2.45) is 0 Å². The highest BCUT2D eigenvalue weighted by atomic mass is 16.2. The molecule has 0 aliphatic heterocycles. The fourth-order valence-electron chi connectivity index (χ4n) is 2.59. The maximum absolute atomic E-state index is 11.8. The number of carbonyl (C=O) groups excluding carboxylic acids is 1. The average Bonchev–Trinajstić information content (AvgIpc) is 2.59. The van der Waals surface area contributed by atoms with Crippen molar-refractivity contribution in [3.63, 3.8) is 0 Å². The Labute approximate surface area is 151 Å². The number of hydrogen-bond acceptors (Lipinski definition) is 2. The molecule has 0 saturated carbocycles. The zero-order valence-corrected chi connectivity index (χ0v) is 15.5. The summed E-state index contributed by atoms with van der Waals surface area (Å²) >= 11 is 0. The molecular formula is C21H29N3O. The van der Waals surface area contributed by atoms with Gasteiger partial charge in [-0.2, -0.15) is 0 Å². The van der Waals surface area contributed by atoms with Crippen molar-refractivity contribution in [2.75, 3.05) is 13.1 Å². The van der Waals surface area contributed by atoms with Gasteiger partial charge in [0.1, 0.15) is 0 Å². The monoisotopic (exact) mass is 339 g/mol. The van der Waals surface area contributed by atoms with E-state index in [4.69, 9.17) is 0 Å². The van der Waals surface area contributed by atoms with Crippen molar-refractivity contribution in [2.45, 2.75) is 45.4 Å². The predicted molar refractivity (Wildman–Crippen MR) is 103 cm³/mol. The van der Waals surface area contributed by atoms with Gasteiger partial charge in [0, 0.05) is 25.5 Å². The van der Waals surface area contributed by atoms with Crippen LogP contribution in [-0.2, 0) is 18.3 Å². The van der Waals surface area contributed by atoms with E-state index in [0.717, 1.165) is 19.3 Å². The summed E-state index contributed by atoms with van der Waals surface area (Å²) in [7, 11) is 0. The number of nitrogens with one attached hydrogen (secondary N) is 2. The summed E-state index contributed by atoms with van der Waals surface area (Å²) in [5, 5.41) is 5.81. The van der Waals surface area contributed by atoms with Crippen LogP contribution in [0.1, 0.15) is 43.9 Å². The number of rotatable bonds is 7. The Morgan fingerprint density at radius 1 is 0.960 bits per heavy atom. The molecule has 25 heavy (non-hydrogen) atoms. The third-order valence-electron chi connectivity index (χ3n) is 4.17. The lowest BCUT2D eigenvalue weighted by molar-refractivity contribution is 0.241. The topological polar surface area (TPSA) is 54.0 Å². The van der Waals surface area contributed by atoms with Gasteiger partial charge in [0.05, 0.1) is 0 Å². The van der Waals surface area contributed by atoms with E-state index in [1.54, 1.807) is 6.20 Å². The van der Waals surface area contributed by atoms with Gasteiger partial charge in [-0.1, -0.05) is 51.1 Å². The first-order chi connectivity index (χ1) is 11.9. The van der Waals surface area contributed by atoms with Gasteiger partial charge in [-0.25, -0.2) is 4.79 Å². The summed E-state index contributed by atoms with van der Waals surface area (Å²) in [6, 6.07) is 12.5. The molecule has 2 aromatic rings. The van der Waals surface area contributed by atoms with E-state index < -0.39 is 0 Å². The van der Waals surface area contributed by atoms with Crippen molar-refractivity contribution < 1.29 is 4.79 Å². The van der Waals surface area contributed by atoms with Gasteiger partial charge < -0.3 is 10.6 Å². The fraction of sp³-hybridized carbons (Fsp3) is 0.429. The summed E-state index contributed by atoms with van der Waals surface area (Å²) in [4.78, 5) is 15.9. The Bertz CT molecular complexity index is 645. The van der Waals surface area contributed by atoms with E-state index in [9.17, 15) is 4.79 Å². The maximum Gasteiger partial charge on any atom is 0.314 e.